The molecule has 0 radical (unpaired) electrons. The molecule has 0 atom stereocenters. The maximum atomic E-state index is 11.0. The topological polar surface area (TPSA) is 80.9 Å². The number of rotatable bonds is 2. The Hall–Kier alpha value is -2.24. The van der Waals surface area contributed by atoms with E-state index < -0.39 is 5.97 Å². The number of carboxylic acids is 1. The predicted molar refractivity (Wildman–Crippen MR) is 55.6 cm³/mol. The van der Waals surface area contributed by atoms with Crippen LogP contribution in [0.3, 0.4) is 0 Å². The van der Waals surface area contributed by atoms with Gasteiger partial charge in [-0.15, -0.1) is 5.10 Å². The van der Waals surface area contributed by atoms with Crippen molar-refractivity contribution in [3.05, 3.63) is 35.2 Å². The zero-order valence-electron chi connectivity index (χ0n) is 8.88. The highest BCUT2D eigenvalue weighted by atomic mass is 16.4. The van der Waals surface area contributed by atoms with E-state index in [-0.39, 0.29) is 5.56 Å². The fraction of sp³-hybridized carbons (Fsp3) is 0.200. The highest BCUT2D eigenvalue weighted by Gasteiger charge is 2.10. The van der Waals surface area contributed by atoms with E-state index in [0.29, 0.717) is 17.1 Å². The van der Waals surface area contributed by atoms with Gasteiger partial charge in [-0.3, -0.25) is 0 Å². The van der Waals surface area contributed by atoms with Crippen molar-refractivity contribution in [3.63, 3.8) is 0 Å². The third kappa shape index (κ3) is 1.65. The van der Waals surface area contributed by atoms with Crippen molar-refractivity contribution >= 4 is 5.97 Å². The number of hydrogen-bond acceptors (Lipinski definition) is 4. The maximum absolute atomic E-state index is 11.0. The van der Waals surface area contributed by atoms with E-state index in [4.69, 9.17) is 5.11 Å². The lowest BCUT2D eigenvalue weighted by molar-refractivity contribution is 0.0696. The Kier molecular flexibility index (Phi) is 2.40. The molecular weight excluding hydrogens is 208 g/mol. The van der Waals surface area contributed by atoms with Gasteiger partial charge in [0, 0.05) is 0 Å². The van der Waals surface area contributed by atoms with E-state index in [2.05, 4.69) is 15.5 Å². The van der Waals surface area contributed by atoms with E-state index in [1.807, 2.05) is 0 Å². The summed E-state index contributed by atoms with van der Waals surface area (Å²) in [5.41, 5.74) is 1.61. The number of carbonyl (C=O) groups is 1. The van der Waals surface area contributed by atoms with Crippen molar-refractivity contribution in [2.75, 3.05) is 0 Å². The molecule has 0 saturated heterocycles. The Balaban J connectivity index is 2.56. The van der Waals surface area contributed by atoms with E-state index in [9.17, 15) is 4.79 Å². The Labute approximate surface area is 91.5 Å². The van der Waals surface area contributed by atoms with Crippen LogP contribution in [0.5, 0.6) is 0 Å². The largest absolute Gasteiger partial charge is 0.478 e. The highest BCUT2D eigenvalue weighted by molar-refractivity contribution is 5.90. The van der Waals surface area contributed by atoms with Gasteiger partial charge in [-0.05, 0) is 42.0 Å². The molecule has 2 rings (SSSR count). The number of carboxylic acid groups (broad SMARTS) is 1. The number of aryl methyl sites for hydroxylation is 2. The van der Waals surface area contributed by atoms with Crippen LogP contribution in [0, 0.1) is 13.8 Å². The zero-order chi connectivity index (χ0) is 11.7. The first-order valence-corrected chi connectivity index (χ1v) is 4.69. The van der Waals surface area contributed by atoms with Crippen molar-refractivity contribution in [2.45, 2.75) is 13.8 Å². The molecule has 82 valence electrons. The first-order valence-electron chi connectivity index (χ1n) is 4.69. The average Bonchev–Trinajstić information content (AvgIpc) is 2.65. The van der Waals surface area contributed by atoms with Crippen LogP contribution < -0.4 is 0 Å². The molecule has 16 heavy (non-hydrogen) atoms. The van der Waals surface area contributed by atoms with Gasteiger partial charge in [0.15, 0.2) is 5.82 Å². The van der Waals surface area contributed by atoms with Crippen molar-refractivity contribution in [1.29, 1.82) is 0 Å². The van der Waals surface area contributed by atoms with Crippen LogP contribution in [0.1, 0.15) is 21.7 Å². The van der Waals surface area contributed by atoms with Crippen molar-refractivity contribution < 1.29 is 9.90 Å². The number of hydrogen-bond donors (Lipinski definition) is 1. The Morgan fingerprint density at radius 1 is 1.38 bits per heavy atom. The van der Waals surface area contributed by atoms with Gasteiger partial charge in [0.1, 0.15) is 0 Å². The van der Waals surface area contributed by atoms with E-state index in [0.717, 1.165) is 0 Å². The third-order valence-electron chi connectivity index (χ3n) is 2.32. The molecule has 1 heterocycles. The predicted octanol–water partition coefficient (Wildman–Crippen LogP) is 0.977. The molecule has 1 aromatic heterocycles. The molecule has 0 bridgehead atoms. The average molecular weight is 218 g/mol. The molecule has 0 fully saturated rings. The minimum absolute atomic E-state index is 0.257. The van der Waals surface area contributed by atoms with Gasteiger partial charge in [-0.25, -0.2) is 4.79 Å². The van der Waals surface area contributed by atoms with Crippen LogP contribution in [0.2, 0.25) is 0 Å². The van der Waals surface area contributed by atoms with E-state index in [1.165, 1.54) is 4.68 Å². The van der Waals surface area contributed by atoms with Crippen LogP contribution in [-0.2, 0) is 0 Å². The second kappa shape index (κ2) is 3.73. The summed E-state index contributed by atoms with van der Waals surface area (Å²) < 4.78 is 1.49. The summed E-state index contributed by atoms with van der Waals surface area (Å²) in [6, 6.07) is 5.08. The SMILES string of the molecule is Cc1ccc(-n2nnnc2C)cc1C(=O)O. The summed E-state index contributed by atoms with van der Waals surface area (Å²) in [6.45, 7) is 3.50. The first-order chi connectivity index (χ1) is 7.59. The summed E-state index contributed by atoms with van der Waals surface area (Å²) in [5.74, 6) is -0.342. The minimum Gasteiger partial charge on any atom is -0.478 e. The molecule has 1 aromatic carbocycles. The van der Waals surface area contributed by atoms with Crippen molar-refractivity contribution in [1.82, 2.24) is 20.2 Å². The molecule has 6 nitrogen and oxygen atoms in total. The van der Waals surface area contributed by atoms with Crippen molar-refractivity contribution in [3.8, 4) is 5.69 Å². The Bertz CT molecular complexity index is 548. The molecule has 0 unspecified atom stereocenters. The zero-order valence-corrected chi connectivity index (χ0v) is 8.88. The summed E-state index contributed by atoms with van der Waals surface area (Å²) in [4.78, 5) is 11.0. The number of benzene rings is 1. The second-order valence-electron chi connectivity index (χ2n) is 3.44. The van der Waals surface area contributed by atoms with E-state index in [1.54, 1.807) is 32.0 Å². The summed E-state index contributed by atoms with van der Waals surface area (Å²) in [6.07, 6.45) is 0. The lowest BCUT2D eigenvalue weighted by atomic mass is 10.1. The molecule has 6 heteroatoms. The molecule has 0 amide bonds. The number of aromatic carboxylic acids is 1. The standard InChI is InChI=1S/C10H10N4O2/c1-6-3-4-8(5-9(6)10(15)16)14-7(2)11-12-13-14/h3-5H,1-2H3,(H,15,16). The normalized spacial score (nSPS) is 10.4. The van der Waals surface area contributed by atoms with E-state index >= 15 is 0 Å². The highest BCUT2D eigenvalue weighted by Crippen LogP contribution is 2.14. The number of nitrogens with zero attached hydrogens (tertiary/aromatic N) is 4. The van der Waals surface area contributed by atoms with Gasteiger partial charge in [0.2, 0.25) is 0 Å². The monoisotopic (exact) mass is 218 g/mol. The van der Waals surface area contributed by atoms with Gasteiger partial charge in [-0.1, -0.05) is 6.07 Å². The summed E-state index contributed by atoms with van der Waals surface area (Å²) in [7, 11) is 0. The number of aromatic nitrogens is 4. The lowest BCUT2D eigenvalue weighted by Crippen LogP contribution is -2.04. The third-order valence-corrected chi connectivity index (χ3v) is 2.32. The fourth-order valence-electron chi connectivity index (χ4n) is 1.44. The van der Waals surface area contributed by atoms with Crippen LogP contribution in [-0.4, -0.2) is 31.3 Å². The Morgan fingerprint density at radius 2 is 2.12 bits per heavy atom. The maximum Gasteiger partial charge on any atom is 0.336 e. The summed E-state index contributed by atoms with van der Waals surface area (Å²) >= 11 is 0. The summed E-state index contributed by atoms with van der Waals surface area (Å²) in [5, 5.41) is 20.0. The molecule has 2 aromatic rings. The molecule has 0 aliphatic carbocycles. The number of tetrazole rings is 1. The van der Waals surface area contributed by atoms with Crippen LogP contribution in [0.15, 0.2) is 18.2 Å². The Morgan fingerprint density at radius 3 is 2.69 bits per heavy atom. The lowest BCUT2D eigenvalue weighted by Gasteiger charge is -2.05. The first kappa shape index (κ1) is 10.3. The molecule has 0 spiro atoms. The molecule has 0 aliphatic rings. The second-order valence-corrected chi connectivity index (χ2v) is 3.44. The fourth-order valence-corrected chi connectivity index (χ4v) is 1.44. The molecule has 0 aliphatic heterocycles. The van der Waals surface area contributed by atoms with Crippen LogP contribution >= 0.6 is 0 Å². The van der Waals surface area contributed by atoms with Crippen LogP contribution in [0.4, 0.5) is 0 Å². The quantitative estimate of drug-likeness (QED) is 0.812. The smallest absolute Gasteiger partial charge is 0.336 e. The van der Waals surface area contributed by atoms with Gasteiger partial charge >= 0.3 is 5.97 Å². The molecule has 0 saturated carbocycles. The molecular formula is C10H10N4O2. The van der Waals surface area contributed by atoms with Gasteiger partial charge in [-0.2, -0.15) is 4.68 Å². The van der Waals surface area contributed by atoms with Crippen LogP contribution in [0.25, 0.3) is 5.69 Å². The van der Waals surface area contributed by atoms with Crippen molar-refractivity contribution in [2.24, 2.45) is 0 Å². The minimum atomic E-state index is -0.954. The van der Waals surface area contributed by atoms with Gasteiger partial charge in [0.05, 0.1) is 11.3 Å². The van der Waals surface area contributed by atoms with Gasteiger partial charge in [0.25, 0.3) is 0 Å². The van der Waals surface area contributed by atoms with Gasteiger partial charge < -0.3 is 5.11 Å². The molecule has 1 N–H and O–H groups in total.